The summed E-state index contributed by atoms with van der Waals surface area (Å²) in [6, 6.07) is 64.7. The van der Waals surface area contributed by atoms with Gasteiger partial charge in [-0.1, -0.05) is 97.1 Å². The molecule has 0 fully saturated rings. The first-order chi connectivity index (χ1) is 26.3. The first-order valence-electron chi connectivity index (χ1n) is 17.9. The molecule has 11 rings (SSSR count). The third-order valence-corrected chi connectivity index (χ3v) is 10.5. The van der Waals surface area contributed by atoms with Crippen molar-refractivity contribution in [1.29, 1.82) is 0 Å². The maximum atomic E-state index is 5.16. The summed E-state index contributed by atoms with van der Waals surface area (Å²) in [5.41, 5.74) is 12.3. The highest BCUT2D eigenvalue weighted by Crippen LogP contribution is 2.39. The Hall–Kier alpha value is -7.24. The van der Waals surface area contributed by atoms with Gasteiger partial charge in [-0.2, -0.15) is 0 Å². The van der Waals surface area contributed by atoms with Crippen molar-refractivity contribution < 1.29 is 0 Å². The fourth-order valence-corrected chi connectivity index (χ4v) is 8.16. The summed E-state index contributed by atoms with van der Waals surface area (Å²) in [5, 5.41) is 4.87. The number of pyridine rings is 1. The van der Waals surface area contributed by atoms with E-state index in [2.05, 4.69) is 184 Å². The maximum Gasteiger partial charge on any atom is 0.145 e. The summed E-state index contributed by atoms with van der Waals surface area (Å²) in [7, 11) is 0. The van der Waals surface area contributed by atoms with Crippen molar-refractivity contribution in [1.82, 2.24) is 23.7 Å². The van der Waals surface area contributed by atoms with Gasteiger partial charge in [0.1, 0.15) is 11.6 Å². The van der Waals surface area contributed by atoms with E-state index in [9.17, 15) is 0 Å². The zero-order chi connectivity index (χ0) is 34.9. The fraction of sp³-hybridized carbons (Fsp3) is 0. The van der Waals surface area contributed by atoms with Gasteiger partial charge in [0.05, 0.1) is 33.1 Å². The molecule has 0 saturated heterocycles. The molecule has 248 valence electrons. The summed E-state index contributed by atoms with van der Waals surface area (Å²) >= 11 is 0. The number of hydrogen-bond acceptors (Lipinski definition) is 2. The van der Waals surface area contributed by atoms with E-state index in [0.717, 1.165) is 56.2 Å². The Balaban J connectivity index is 1.07. The Labute approximate surface area is 305 Å². The molecule has 0 N–H and O–H groups in total. The van der Waals surface area contributed by atoms with Crippen molar-refractivity contribution in [3.8, 4) is 39.7 Å². The first kappa shape index (κ1) is 29.5. The lowest BCUT2D eigenvalue weighted by Gasteiger charge is -2.12. The van der Waals surface area contributed by atoms with Gasteiger partial charge in [-0.05, 0) is 96.1 Å². The number of hydrogen-bond donors (Lipinski definition) is 0. The van der Waals surface area contributed by atoms with Crippen molar-refractivity contribution in [3.05, 3.63) is 188 Å². The van der Waals surface area contributed by atoms with Crippen molar-refractivity contribution >= 4 is 54.6 Å². The van der Waals surface area contributed by atoms with Gasteiger partial charge in [-0.25, -0.2) is 9.97 Å². The predicted molar refractivity (Wildman–Crippen MR) is 218 cm³/mol. The largest absolute Gasteiger partial charge is 0.309 e. The summed E-state index contributed by atoms with van der Waals surface area (Å²) in [6.45, 7) is 0. The van der Waals surface area contributed by atoms with Gasteiger partial charge in [-0.15, -0.1) is 0 Å². The van der Waals surface area contributed by atoms with E-state index in [1.807, 2.05) is 18.3 Å². The van der Waals surface area contributed by atoms with Crippen LogP contribution in [0.5, 0.6) is 0 Å². The lowest BCUT2D eigenvalue weighted by Crippen LogP contribution is -1.99. The van der Waals surface area contributed by atoms with Crippen LogP contribution < -0.4 is 0 Å². The molecule has 0 spiro atoms. The molecule has 0 bridgehead atoms. The normalized spacial score (nSPS) is 11.8. The van der Waals surface area contributed by atoms with Gasteiger partial charge in [0.2, 0.25) is 0 Å². The lowest BCUT2D eigenvalue weighted by molar-refractivity contribution is 1.08. The average molecular weight is 678 g/mol. The molecule has 53 heavy (non-hydrogen) atoms. The minimum absolute atomic E-state index is 0.919. The molecular formula is C48H31N5. The summed E-state index contributed by atoms with van der Waals surface area (Å²) in [4.78, 5) is 9.86. The zero-order valence-electron chi connectivity index (χ0n) is 28.6. The molecule has 0 aliphatic heterocycles. The number of para-hydroxylation sites is 5. The average Bonchev–Trinajstić information content (AvgIpc) is 3.89. The van der Waals surface area contributed by atoms with Crippen LogP contribution in [-0.2, 0) is 0 Å². The van der Waals surface area contributed by atoms with E-state index >= 15 is 0 Å². The number of rotatable bonds is 5. The number of aromatic nitrogens is 5. The molecule has 0 radical (unpaired) electrons. The van der Waals surface area contributed by atoms with Crippen LogP contribution in [0.2, 0.25) is 0 Å². The second-order valence-electron chi connectivity index (χ2n) is 13.5. The second kappa shape index (κ2) is 11.7. The molecule has 0 amide bonds. The quantitative estimate of drug-likeness (QED) is 0.182. The van der Waals surface area contributed by atoms with Gasteiger partial charge in [0.15, 0.2) is 0 Å². The van der Waals surface area contributed by atoms with Crippen molar-refractivity contribution in [3.63, 3.8) is 0 Å². The first-order valence-corrected chi connectivity index (χ1v) is 17.9. The van der Waals surface area contributed by atoms with Crippen LogP contribution in [-0.4, -0.2) is 23.7 Å². The lowest BCUT2D eigenvalue weighted by atomic mass is 10.0. The molecule has 4 aromatic heterocycles. The molecule has 0 aliphatic carbocycles. The van der Waals surface area contributed by atoms with Crippen LogP contribution in [0.4, 0.5) is 0 Å². The monoisotopic (exact) mass is 677 g/mol. The van der Waals surface area contributed by atoms with Gasteiger partial charge in [-0.3, -0.25) is 9.13 Å². The van der Waals surface area contributed by atoms with E-state index in [1.165, 1.54) is 38.2 Å². The van der Waals surface area contributed by atoms with Crippen LogP contribution >= 0.6 is 0 Å². The maximum absolute atomic E-state index is 5.16. The van der Waals surface area contributed by atoms with Crippen LogP contribution in [0.25, 0.3) is 94.4 Å². The fourth-order valence-electron chi connectivity index (χ4n) is 8.16. The molecule has 0 aliphatic rings. The van der Waals surface area contributed by atoms with Gasteiger partial charge in [0, 0.05) is 44.7 Å². The van der Waals surface area contributed by atoms with Gasteiger partial charge < -0.3 is 4.57 Å². The van der Waals surface area contributed by atoms with E-state index in [1.54, 1.807) is 0 Å². The molecule has 0 saturated carbocycles. The SMILES string of the molecule is c1ccc(-n2c(-c3cccc(-n4c5ccccc5c5cc(-c6ccc7c(c6)c6ccccc6n7-c6ccccn6)ccc54)c3)nc3ccccc32)cc1. The number of benzene rings is 7. The van der Waals surface area contributed by atoms with Crippen LogP contribution in [0.1, 0.15) is 0 Å². The number of fused-ring (bicyclic) bond motifs is 7. The molecular weight excluding hydrogens is 647 g/mol. The standard InChI is InChI=1S/C48H31N5/c1-2-14-35(15-3-1)52-46-22-9-6-19-41(46)50-48(52)34-13-12-16-36(29-34)51-42-20-7-4-17-37(42)39-30-32(24-26-44(39)51)33-25-27-45-40(31-33)38-18-5-8-21-43(38)53(45)47-23-10-11-28-49-47/h1-31H. The van der Waals surface area contributed by atoms with E-state index in [0.29, 0.717) is 0 Å². The molecule has 0 unspecified atom stereocenters. The van der Waals surface area contributed by atoms with Crippen LogP contribution in [0.15, 0.2) is 188 Å². The third-order valence-electron chi connectivity index (χ3n) is 10.5. The summed E-state index contributed by atoms with van der Waals surface area (Å²) in [5.74, 6) is 1.84. The minimum Gasteiger partial charge on any atom is -0.309 e. The number of imidazole rings is 1. The molecule has 5 nitrogen and oxygen atoms in total. The molecule has 11 aromatic rings. The van der Waals surface area contributed by atoms with Crippen LogP contribution in [0, 0.1) is 0 Å². The Bertz CT molecular complexity index is 3170. The Morgan fingerprint density at radius 3 is 1.64 bits per heavy atom. The smallest absolute Gasteiger partial charge is 0.145 e. The highest BCUT2D eigenvalue weighted by Gasteiger charge is 2.18. The summed E-state index contributed by atoms with van der Waals surface area (Å²) < 4.78 is 6.91. The van der Waals surface area contributed by atoms with Crippen LogP contribution in [0.3, 0.4) is 0 Å². The summed E-state index contributed by atoms with van der Waals surface area (Å²) in [6.07, 6.45) is 1.85. The predicted octanol–water partition coefficient (Wildman–Crippen LogP) is 11.9. The molecule has 0 atom stereocenters. The van der Waals surface area contributed by atoms with E-state index < -0.39 is 0 Å². The molecule has 4 heterocycles. The topological polar surface area (TPSA) is 40.6 Å². The molecule has 5 heteroatoms. The Morgan fingerprint density at radius 1 is 0.340 bits per heavy atom. The highest BCUT2D eigenvalue weighted by molar-refractivity contribution is 6.12. The van der Waals surface area contributed by atoms with Gasteiger partial charge >= 0.3 is 0 Å². The second-order valence-corrected chi connectivity index (χ2v) is 13.5. The highest BCUT2D eigenvalue weighted by atomic mass is 15.1. The van der Waals surface area contributed by atoms with E-state index in [4.69, 9.17) is 9.97 Å². The molecule has 7 aromatic carbocycles. The van der Waals surface area contributed by atoms with E-state index in [-0.39, 0.29) is 0 Å². The third kappa shape index (κ3) is 4.57. The van der Waals surface area contributed by atoms with Crippen molar-refractivity contribution in [2.24, 2.45) is 0 Å². The van der Waals surface area contributed by atoms with Gasteiger partial charge in [0.25, 0.3) is 0 Å². The zero-order valence-corrected chi connectivity index (χ0v) is 28.6. The van der Waals surface area contributed by atoms with Crippen molar-refractivity contribution in [2.45, 2.75) is 0 Å². The Morgan fingerprint density at radius 2 is 0.925 bits per heavy atom. The van der Waals surface area contributed by atoms with Crippen molar-refractivity contribution in [2.75, 3.05) is 0 Å². The Kier molecular flexibility index (Phi) is 6.48. The number of nitrogens with zero attached hydrogens (tertiary/aromatic N) is 5. The minimum atomic E-state index is 0.919.